The van der Waals surface area contributed by atoms with Crippen molar-refractivity contribution in [2.45, 2.75) is 32.4 Å². The Bertz CT molecular complexity index is 797. The number of para-hydroxylation sites is 1. The van der Waals surface area contributed by atoms with E-state index in [-0.39, 0.29) is 18.1 Å². The Morgan fingerprint density at radius 3 is 2.74 bits per heavy atom. The molecule has 0 saturated carbocycles. The normalized spacial score (nSPS) is 21.1. The van der Waals surface area contributed by atoms with Crippen LogP contribution in [0.1, 0.15) is 30.0 Å². The summed E-state index contributed by atoms with van der Waals surface area (Å²) in [7, 11) is 0. The van der Waals surface area contributed by atoms with E-state index in [0.29, 0.717) is 19.8 Å². The zero-order valence-electron chi connectivity index (χ0n) is 16.0. The van der Waals surface area contributed by atoms with Gasteiger partial charge in [0.2, 0.25) is 0 Å². The highest BCUT2D eigenvalue weighted by Crippen LogP contribution is 2.32. The van der Waals surface area contributed by atoms with E-state index in [1.165, 1.54) is 5.56 Å². The lowest BCUT2D eigenvalue weighted by Gasteiger charge is -2.34. The van der Waals surface area contributed by atoms with Gasteiger partial charge in [-0.1, -0.05) is 18.2 Å². The highest BCUT2D eigenvalue weighted by Gasteiger charge is 2.32. The number of amides is 2. The van der Waals surface area contributed by atoms with Gasteiger partial charge in [-0.05, 0) is 44.0 Å². The Morgan fingerprint density at radius 1 is 1.22 bits per heavy atom. The molecule has 6 heteroatoms. The van der Waals surface area contributed by atoms with Gasteiger partial charge in [0, 0.05) is 31.4 Å². The second-order valence-electron chi connectivity index (χ2n) is 7.35. The van der Waals surface area contributed by atoms with Crippen LogP contribution in [-0.4, -0.2) is 49.8 Å². The smallest absolute Gasteiger partial charge is 0.322 e. The maximum atomic E-state index is 13.0. The third-order valence-corrected chi connectivity index (χ3v) is 5.45. The van der Waals surface area contributed by atoms with Crippen molar-refractivity contribution < 1.29 is 13.9 Å². The summed E-state index contributed by atoms with van der Waals surface area (Å²) in [6.45, 7) is 7.64. The van der Waals surface area contributed by atoms with Gasteiger partial charge in [0.05, 0.1) is 19.3 Å². The van der Waals surface area contributed by atoms with E-state index in [1.54, 1.807) is 0 Å². The standard InChI is InChI=1S/C21H27N3O3/c1-15-13-17-5-3-4-6-18(17)24(15)21(25)22-14-19(20-8-7-16(2)27-20)23-9-11-26-12-10-23/h3-8,15,19H,9-14H2,1-2H3,(H,22,25). The highest BCUT2D eigenvalue weighted by molar-refractivity contribution is 5.94. The lowest BCUT2D eigenvalue weighted by Crippen LogP contribution is -2.48. The maximum absolute atomic E-state index is 13.0. The molecule has 2 aliphatic heterocycles. The van der Waals surface area contributed by atoms with Crippen LogP contribution in [-0.2, 0) is 11.2 Å². The summed E-state index contributed by atoms with van der Waals surface area (Å²) in [5.74, 6) is 1.78. The van der Waals surface area contributed by atoms with Crippen LogP contribution in [0.25, 0.3) is 0 Å². The molecule has 6 nitrogen and oxygen atoms in total. The summed E-state index contributed by atoms with van der Waals surface area (Å²) in [6.07, 6.45) is 0.897. The van der Waals surface area contributed by atoms with Gasteiger partial charge in [0.1, 0.15) is 11.5 Å². The third kappa shape index (κ3) is 3.73. The summed E-state index contributed by atoms with van der Waals surface area (Å²) < 4.78 is 11.4. The number of aryl methyl sites for hydroxylation is 1. The number of anilines is 1. The van der Waals surface area contributed by atoms with Gasteiger partial charge in [-0.25, -0.2) is 4.79 Å². The lowest BCUT2D eigenvalue weighted by atomic mass is 10.1. The molecule has 0 aliphatic carbocycles. The fraction of sp³-hybridized carbons (Fsp3) is 0.476. The molecule has 1 aromatic carbocycles. The maximum Gasteiger partial charge on any atom is 0.322 e. The van der Waals surface area contributed by atoms with Crippen molar-refractivity contribution in [2.75, 3.05) is 37.7 Å². The Morgan fingerprint density at radius 2 is 2.00 bits per heavy atom. The number of rotatable bonds is 4. The van der Waals surface area contributed by atoms with Crippen molar-refractivity contribution >= 4 is 11.7 Å². The van der Waals surface area contributed by atoms with Gasteiger partial charge < -0.3 is 14.5 Å². The molecule has 1 saturated heterocycles. The number of benzene rings is 1. The van der Waals surface area contributed by atoms with E-state index in [1.807, 2.05) is 42.2 Å². The number of urea groups is 1. The number of carbonyl (C=O) groups is 1. The highest BCUT2D eigenvalue weighted by atomic mass is 16.5. The lowest BCUT2D eigenvalue weighted by molar-refractivity contribution is 0.0122. The van der Waals surface area contributed by atoms with Crippen LogP contribution in [0.2, 0.25) is 0 Å². The zero-order valence-corrected chi connectivity index (χ0v) is 16.0. The molecular weight excluding hydrogens is 342 g/mol. The van der Waals surface area contributed by atoms with Gasteiger partial charge in [-0.2, -0.15) is 0 Å². The summed E-state index contributed by atoms with van der Waals surface area (Å²) in [6, 6.07) is 12.2. The molecule has 2 aromatic rings. The number of hydrogen-bond donors (Lipinski definition) is 1. The second kappa shape index (κ2) is 7.74. The molecular formula is C21H27N3O3. The number of carbonyl (C=O) groups excluding carboxylic acids is 1. The quantitative estimate of drug-likeness (QED) is 0.900. The minimum absolute atomic E-state index is 0.0136. The molecule has 1 N–H and O–H groups in total. The molecule has 2 amide bonds. The Labute approximate surface area is 160 Å². The van der Waals surface area contributed by atoms with Crippen molar-refractivity contribution in [1.29, 1.82) is 0 Å². The van der Waals surface area contributed by atoms with Crippen molar-refractivity contribution in [2.24, 2.45) is 0 Å². The first-order valence-corrected chi connectivity index (χ1v) is 9.66. The molecule has 0 radical (unpaired) electrons. The van der Waals surface area contributed by atoms with Gasteiger partial charge in [0.15, 0.2) is 0 Å². The van der Waals surface area contributed by atoms with Crippen LogP contribution < -0.4 is 10.2 Å². The minimum atomic E-state index is -0.0472. The first-order chi connectivity index (χ1) is 13.1. The fourth-order valence-corrected chi connectivity index (χ4v) is 4.08. The number of furan rings is 1. The van der Waals surface area contributed by atoms with Crippen LogP contribution in [0.5, 0.6) is 0 Å². The number of nitrogens with one attached hydrogen (secondary N) is 1. The molecule has 2 atom stereocenters. The minimum Gasteiger partial charge on any atom is -0.465 e. The Kier molecular flexibility index (Phi) is 5.18. The topological polar surface area (TPSA) is 58.0 Å². The van der Waals surface area contributed by atoms with Gasteiger partial charge >= 0.3 is 6.03 Å². The number of nitrogens with zero attached hydrogens (tertiary/aromatic N) is 2. The molecule has 1 aromatic heterocycles. The van der Waals surface area contributed by atoms with Crippen LogP contribution in [0.4, 0.5) is 10.5 Å². The molecule has 27 heavy (non-hydrogen) atoms. The van der Waals surface area contributed by atoms with Crippen molar-refractivity contribution in [3.8, 4) is 0 Å². The average Bonchev–Trinajstić information content (AvgIpc) is 3.25. The van der Waals surface area contributed by atoms with E-state index in [4.69, 9.17) is 9.15 Å². The monoisotopic (exact) mass is 369 g/mol. The predicted molar refractivity (Wildman–Crippen MR) is 104 cm³/mol. The molecule has 2 aliphatic rings. The first-order valence-electron chi connectivity index (χ1n) is 9.66. The largest absolute Gasteiger partial charge is 0.465 e. The van der Waals surface area contributed by atoms with Crippen LogP contribution >= 0.6 is 0 Å². The predicted octanol–water partition coefficient (Wildman–Crippen LogP) is 3.12. The first kappa shape index (κ1) is 18.1. The average molecular weight is 369 g/mol. The Hall–Kier alpha value is -2.31. The third-order valence-electron chi connectivity index (χ3n) is 5.45. The summed E-state index contributed by atoms with van der Waals surface area (Å²) in [5.41, 5.74) is 2.24. The van der Waals surface area contributed by atoms with Crippen LogP contribution in [0.15, 0.2) is 40.8 Å². The molecule has 3 heterocycles. The molecule has 2 unspecified atom stereocenters. The number of hydrogen-bond acceptors (Lipinski definition) is 4. The number of fused-ring (bicyclic) bond motifs is 1. The number of ether oxygens (including phenoxy) is 1. The van der Waals surface area contributed by atoms with Gasteiger partial charge in [0.25, 0.3) is 0 Å². The molecule has 144 valence electrons. The van der Waals surface area contributed by atoms with E-state index < -0.39 is 0 Å². The summed E-state index contributed by atoms with van der Waals surface area (Å²) in [4.78, 5) is 17.2. The molecule has 0 bridgehead atoms. The zero-order chi connectivity index (χ0) is 18.8. The molecule has 1 fully saturated rings. The summed E-state index contributed by atoms with van der Waals surface area (Å²) in [5, 5.41) is 3.15. The second-order valence-corrected chi connectivity index (χ2v) is 7.35. The SMILES string of the molecule is Cc1ccc(C(CNC(=O)N2c3ccccc3CC2C)N2CCOCC2)o1. The van der Waals surface area contributed by atoms with E-state index in [2.05, 4.69) is 23.2 Å². The van der Waals surface area contributed by atoms with Crippen molar-refractivity contribution in [1.82, 2.24) is 10.2 Å². The molecule has 0 spiro atoms. The van der Waals surface area contributed by atoms with E-state index >= 15 is 0 Å². The summed E-state index contributed by atoms with van der Waals surface area (Å²) >= 11 is 0. The van der Waals surface area contributed by atoms with Crippen LogP contribution in [0.3, 0.4) is 0 Å². The van der Waals surface area contributed by atoms with E-state index in [0.717, 1.165) is 36.7 Å². The molecule has 4 rings (SSSR count). The number of morpholine rings is 1. The fourth-order valence-electron chi connectivity index (χ4n) is 4.08. The van der Waals surface area contributed by atoms with Crippen molar-refractivity contribution in [3.63, 3.8) is 0 Å². The Balaban J connectivity index is 1.48. The van der Waals surface area contributed by atoms with E-state index in [9.17, 15) is 4.79 Å². The van der Waals surface area contributed by atoms with Crippen molar-refractivity contribution in [3.05, 3.63) is 53.5 Å². The van der Waals surface area contributed by atoms with Gasteiger partial charge in [-0.15, -0.1) is 0 Å². The van der Waals surface area contributed by atoms with Gasteiger partial charge in [-0.3, -0.25) is 9.80 Å². The van der Waals surface area contributed by atoms with Crippen LogP contribution in [0, 0.1) is 6.92 Å².